The first-order valence-corrected chi connectivity index (χ1v) is 2.94. The largest absolute Gasteiger partial charge is 0.449 e. The van der Waals surface area contributed by atoms with Crippen LogP contribution in [-0.2, 0) is 9.53 Å². The fourth-order valence-electron chi connectivity index (χ4n) is 0.202. The van der Waals surface area contributed by atoms with Gasteiger partial charge >= 0.3 is 0 Å². The Hall–Kier alpha value is -0.830. The van der Waals surface area contributed by atoms with E-state index >= 15 is 0 Å². The molecule has 0 aliphatic carbocycles. The Morgan fingerprint density at radius 1 is 1.50 bits per heavy atom. The van der Waals surface area contributed by atoms with E-state index in [1.807, 2.05) is 14.1 Å². The Morgan fingerprint density at radius 3 is 2.00 bits per heavy atom. The number of rotatable bonds is 3. The lowest BCUT2D eigenvalue weighted by Gasteiger charge is -2.16. The van der Waals surface area contributed by atoms with Crippen LogP contribution in [-0.4, -0.2) is 31.7 Å². The molecule has 0 N–H and O–H groups in total. The minimum atomic E-state index is -0.118. The van der Waals surface area contributed by atoms with Gasteiger partial charge in [0.1, 0.15) is 0 Å². The van der Waals surface area contributed by atoms with Crippen LogP contribution >= 0.6 is 0 Å². The van der Waals surface area contributed by atoms with Crippen LogP contribution in [0.5, 0.6) is 0 Å². The summed E-state index contributed by atoms with van der Waals surface area (Å²) in [6.07, 6.45) is -0.118. The molecule has 0 aliphatic heterocycles. The monoisotopic (exact) mass is 145 g/mol. The summed E-state index contributed by atoms with van der Waals surface area (Å²) in [5.41, 5.74) is 0. The highest BCUT2D eigenvalue weighted by molar-refractivity contribution is 5.37. The predicted octanol–water partition coefficient (Wildman–Crippen LogP) is 0.869. The van der Waals surface area contributed by atoms with Gasteiger partial charge in [0.2, 0.25) is 0 Å². The lowest BCUT2D eigenvalue weighted by Crippen LogP contribution is -2.26. The van der Waals surface area contributed by atoms with Gasteiger partial charge in [-0.2, -0.15) is 0 Å². The van der Waals surface area contributed by atoms with Gasteiger partial charge in [0.25, 0.3) is 6.47 Å². The summed E-state index contributed by atoms with van der Waals surface area (Å²) in [7, 11) is 3.68. The van der Waals surface area contributed by atoms with Crippen LogP contribution in [0.25, 0.3) is 0 Å². The first-order valence-electron chi connectivity index (χ1n) is 2.94. The van der Waals surface area contributed by atoms with E-state index in [1.54, 1.807) is 11.8 Å². The van der Waals surface area contributed by atoms with Gasteiger partial charge in [0, 0.05) is 0 Å². The van der Waals surface area contributed by atoms with E-state index in [0.717, 1.165) is 0 Å². The molecular weight excluding hydrogens is 130 g/mol. The van der Waals surface area contributed by atoms with Gasteiger partial charge in [-0.25, -0.2) is 0 Å². The molecule has 0 rings (SSSR count). The molecule has 0 amide bonds. The van der Waals surface area contributed by atoms with Crippen molar-refractivity contribution in [1.29, 1.82) is 0 Å². The maximum absolute atomic E-state index is 9.67. The number of nitrogens with zero attached hydrogens (tertiary/aromatic N) is 1. The Kier molecular flexibility index (Phi) is 9.73. The molecule has 0 saturated heterocycles. The van der Waals surface area contributed by atoms with Crippen molar-refractivity contribution in [1.82, 2.24) is 4.90 Å². The number of carbonyl (C=O) groups excluding carboxylic acids is 1. The summed E-state index contributed by atoms with van der Waals surface area (Å²) < 4.78 is 4.55. The molecule has 0 aliphatic rings. The van der Waals surface area contributed by atoms with Crippen LogP contribution in [0.1, 0.15) is 6.92 Å². The van der Waals surface area contributed by atoms with E-state index < -0.39 is 0 Å². The third-order valence-electron chi connectivity index (χ3n) is 0.980. The zero-order valence-electron chi connectivity index (χ0n) is 6.83. The number of hydrogen-bond acceptors (Lipinski definition) is 3. The van der Waals surface area contributed by atoms with Crippen LogP contribution in [0.15, 0.2) is 13.2 Å². The average Bonchev–Trinajstić information content (AvgIpc) is 1.93. The second-order valence-electron chi connectivity index (χ2n) is 1.80. The van der Waals surface area contributed by atoms with Gasteiger partial charge < -0.3 is 4.74 Å². The molecule has 0 spiro atoms. The second kappa shape index (κ2) is 8.17. The van der Waals surface area contributed by atoms with Gasteiger partial charge in [-0.05, 0) is 21.0 Å². The topological polar surface area (TPSA) is 29.5 Å². The Balaban J connectivity index is 0. The minimum absolute atomic E-state index is 0.118. The van der Waals surface area contributed by atoms with E-state index in [1.165, 1.54) is 0 Å². The zero-order chi connectivity index (χ0) is 8.57. The fraction of sp³-hybridized carbons (Fsp3) is 0.571. The summed E-state index contributed by atoms with van der Waals surface area (Å²) in [4.78, 5) is 11.5. The van der Waals surface area contributed by atoms with Crippen LogP contribution in [0.2, 0.25) is 0 Å². The van der Waals surface area contributed by atoms with Crippen LogP contribution < -0.4 is 0 Å². The molecule has 0 bridgehead atoms. The SMILES string of the molecule is C=C.CC(OC=O)N(C)C. The van der Waals surface area contributed by atoms with Crippen molar-refractivity contribution >= 4 is 6.47 Å². The summed E-state index contributed by atoms with van der Waals surface area (Å²) in [5.74, 6) is 0. The first-order chi connectivity index (χ1) is 4.68. The highest BCUT2D eigenvalue weighted by Crippen LogP contribution is 1.88. The molecule has 60 valence electrons. The molecule has 0 aromatic rings. The lowest BCUT2D eigenvalue weighted by molar-refractivity contribution is -0.139. The van der Waals surface area contributed by atoms with Gasteiger partial charge in [0.15, 0.2) is 6.23 Å². The van der Waals surface area contributed by atoms with Crippen LogP contribution in [0.3, 0.4) is 0 Å². The minimum Gasteiger partial charge on any atom is -0.449 e. The van der Waals surface area contributed by atoms with Crippen molar-refractivity contribution in [3.05, 3.63) is 13.2 Å². The van der Waals surface area contributed by atoms with Crippen molar-refractivity contribution in [3.8, 4) is 0 Å². The highest BCUT2D eigenvalue weighted by Gasteiger charge is 2.00. The third kappa shape index (κ3) is 7.17. The Bertz CT molecular complexity index is 83.7. The fourth-order valence-corrected chi connectivity index (χ4v) is 0.202. The van der Waals surface area contributed by atoms with Crippen molar-refractivity contribution in [3.63, 3.8) is 0 Å². The third-order valence-corrected chi connectivity index (χ3v) is 0.980. The van der Waals surface area contributed by atoms with Crippen molar-refractivity contribution < 1.29 is 9.53 Å². The van der Waals surface area contributed by atoms with E-state index in [2.05, 4.69) is 17.9 Å². The predicted molar refractivity (Wildman–Crippen MR) is 41.6 cm³/mol. The first kappa shape index (κ1) is 11.9. The molecule has 1 atom stereocenters. The van der Waals surface area contributed by atoms with Crippen LogP contribution in [0.4, 0.5) is 0 Å². The summed E-state index contributed by atoms with van der Waals surface area (Å²) in [6.45, 7) is 8.25. The molecular formula is C7H15NO2. The normalized spacial score (nSPS) is 11.2. The van der Waals surface area contributed by atoms with Gasteiger partial charge in [-0.1, -0.05) is 0 Å². The smallest absolute Gasteiger partial charge is 0.294 e. The molecule has 10 heavy (non-hydrogen) atoms. The van der Waals surface area contributed by atoms with E-state index in [9.17, 15) is 4.79 Å². The van der Waals surface area contributed by atoms with E-state index in [-0.39, 0.29) is 6.23 Å². The zero-order valence-corrected chi connectivity index (χ0v) is 6.83. The molecule has 0 fully saturated rings. The average molecular weight is 145 g/mol. The van der Waals surface area contributed by atoms with Gasteiger partial charge in [-0.3, -0.25) is 9.69 Å². The summed E-state index contributed by atoms with van der Waals surface area (Å²) in [5, 5.41) is 0. The Morgan fingerprint density at radius 2 is 1.90 bits per heavy atom. The lowest BCUT2D eigenvalue weighted by atomic mass is 10.6. The molecule has 0 aromatic carbocycles. The molecule has 0 saturated carbocycles. The Labute approximate surface area is 62.3 Å². The molecule has 3 nitrogen and oxygen atoms in total. The molecule has 0 radical (unpaired) electrons. The van der Waals surface area contributed by atoms with E-state index in [0.29, 0.717) is 6.47 Å². The quantitative estimate of drug-likeness (QED) is 0.335. The maximum atomic E-state index is 9.67. The number of hydrogen-bond donors (Lipinski definition) is 0. The maximum Gasteiger partial charge on any atom is 0.294 e. The van der Waals surface area contributed by atoms with Gasteiger partial charge in [-0.15, -0.1) is 13.2 Å². The van der Waals surface area contributed by atoms with Crippen molar-refractivity contribution in [2.24, 2.45) is 0 Å². The second-order valence-corrected chi connectivity index (χ2v) is 1.80. The van der Waals surface area contributed by atoms with Crippen molar-refractivity contribution in [2.75, 3.05) is 14.1 Å². The highest BCUT2D eigenvalue weighted by atomic mass is 16.5. The molecule has 0 heterocycles. The number of carbonyl (C=O) groups is 1. The molecule has 3 heteroatoms. The standard InChI is InChI=1S/C5H11NO2.C2H4/c1-5(6(2)3)8-4-7;1-2/h4-5H,1-3H3;1-2H2. The van der Waals surface area contributed by atoms with Crippen LogP contribution in [0, 0.1) is 0 Å². The van der Waals surface area contributed by atoms with Crippen molar-refractivity contribution in [2.45, 2.75) is 13.2 Å². The molecule has 0 aromatic heterocycles. The summed E-state index contributed by atoms with van der Waals surface area (Å²) in [6, 6.07) is 0. The van der Waals surface area contributed by atoms with Gasteiger partial charge in [0.05, 0.1) is 0 Å². The number of ether oxygens (including phenoxy) is 1. The summed E-state index contributed by atoms with van der Waals surface area (Å²) >= 11 is 0. The molecule has 1 unspecified atom stereocenters. The van der Waals surface area contributed by atoms with E-state index in [4.69, 9.17) is 0 Å².